The zero-order valence-corrected chi connectivity index (χ0v) is 15.7. The molecule has 0 heterocycles. The summed E-state index contributed by atoms with van der Waals surface area (Å²) in [4.78, 5) is 0. The first-order valence-corrected chi connectivity index (χ1v) is 9.75. The molecule has 0 unspecified atom stereocenters. The predicted molar refractivity (Wildman–Crippen MR) is 120 cm³/mol. The molecular formula is C26H22N2. The molecule has 0 saturated heterocycles. The fourth-order valence-corrected chi connectivity index (χ4v) is 3.79. The van der Waals surface area contributed by atoms with Crippen LogP contribution in [0.15, 0.2) is 96.7 Å². The minimum Gasteiger partial charge on any atom is -0.359 e. The van der Waals surface area contributed by atoms with Crippen molar-refractivity contribution in [2.75, 3.05) is 10.6 Å². The van der Waals surface area contributed by atoms with Crippen molar-refractivity contribution in [1.82, 2.24) is 0 Å². The van der Waals surface area contributed by atoms with Gasteiger partial charge in [0, 0.05) is 22.8 Å². The maximum absolute atomic E-state index is 3.57. The lowest BCUT2D eigenvalue weighted by Crippen LogP contribution is -2.06. The van der Waals surface area contributed by atoms with E-state index in [1.54, 1.807) is 0 Å². The van der Waals surface area contributed by atoms with Crippen molar-refractivity contribution in [1.29, 1.82) is 0 Å². The molecular weight excluding hydrogens is 340 g/mol. The molecule has 0 atom stereocenters. The molecule has 0 amide bonds. The predicted octanol–water partition coefficient (Wildman–Crippen LogP) is 6.98. The number of hydrogen-bond donors (Lipinski definition) is 2. The smallest absolute Gasteiger partial charge is 0.0390 e. The summed E-state index contributed by atoms with van der Waals surface area (Å²) < 4.78 is 0. The molecule has 0 bridgehead atoms. The first-order valence-electron chi connectivity index (χ1n) is 9.75. The van der Waals surface area contributed by atoms with Crippen molar-refractivity contribution < 1.29 is 0 Å². The Kier molecular flexibility index (Phi) is 4.30. The zero-order valence-electron chi connectivity index (χ0n) is 15.7. The number of rotatable bonds is 4. The molecule has 28 heavy (non-hydrogen) atoms. The molecule has 0 radical (unpaired) electrons. The molecule has 5 rings (SSSR count). The van der Waals surface area contributed by atoms with Crippen LogP contribution in [-0.2, 0) is 6.42 Å². The number of anilines is 3. The van der Waals surface area contributed by atoms with Crippen LogP contribution in [0.25, 0.3) is 16.8 Å². The minimum atomic E-state index is 1.05. The van der Waals surface area contributed by atoms with Gasteiger partial charge in [-0.2, -0.15) is 0 Å². The van der Waals surface area contributed by atoms with Crippen LogP contribution in [0.4, 0.5) is 17.1 Å². The van der Waals surface area contributed by atoms with Crippen molar-refractivity contribution in [3.8, 4) is 0 Å². The van der Waals surface area contributed by atoms with Crippen LogP contribution in [0, 0.1) is 0 Å². The fraction of sp³-hybridized carbons (Fsp3) is 0.0769. The highest BCUT2D eigenvalue weighted by molar-refractivity contribution is 5.86. The highest BCUT2D eigenvalue weighted by atomic mass is 14.9. The van der Waals surface area contributed by atoms with E-state index in [1.807, 2.05) is 0 Å². The van der Waals surface area contributed by atoms with Gasteiger partial charge >= 0.3 is 0 Å². The van der Waals surface area contributed by atoms with Gasteiger partial charge in [0.15, 0.2) is 0 Å². The van der Waals surface area contributed by atoms with Gasteiger partial charge in [-0.05, 0) is 77.2 Å². The molecule has 1 aliphatic rings. The van der Waals surface area contributed by atoms with E-state index in [2.05, 4.69) is 108 Å². The Morgan fingerprint density at radius 1 is 0.536 bits per heavy atom. The summed E-state index contributed by atoms with van der Waals surface area (Å²) in [6, 6.07) is 32.0. The summed E-state index contributed by atoms with van der Waals surface area (Å²) >= 11 is 0. The van der Waals surface area contributed by atoms with Crippen LogP contribution < -0.4 is 10.6 Å². The largest absolute Gasteiger partial charge is 0.359 e. The van der Waals surface area contributed by atoms with Gasteiger partial charge < -0.3 is 10.6 Å². The average Bonchev–Trinajstić information content (AvgIpc) is 2.75. The summed E-state index contributed by atoms with van der Waals surface area (Å²) in [7, 11) is 0. The Labute approximate surface area is 165 Å². The summed E-state index contributed by atoms with van der Waals surface area (Å²) in [5.41, 5.74) is 7.34. The Balaban J connectivity index is 1.30. The highest BCUT2D eigenvalue weighted by Crippen LogP contribution is 2.27. The van der Waals surface area contributed by atoms with E-state index in [0.717, 1.165) is 29.9 Å². The highest BCUT2D eigenvalue weighted by Gasteiger charge is 2.09. The van der Waals surface area contributed by atoms with Gasteiger partial charge in [-0.25, -0.2) is 0 Å². The van der Waals surface area contributed by atoms with E-state index in [-0.39, 0.29) is 0 Å². The van der Waals surface area contributed by atoms with Gasteiger partial charge in [-0.3, -0.25) is 0 Å². The van der Waals surface area contributed by atoms with Crippen molar-refractivity contribution in [2.24, 2.45) is 0 Å². The van der Waals surface area contributed by atoms with Crippen LogP contribution in [0.1, 0.15) is 17.5 Å². The molecule has 4 aromatic rings. The standard InChI is InChI=1S/C26H22N2/c1-3-7-21-17-25(11-9-19(21)5-1)27-23-13-15-24(16-14-23)28-26-12-10-20-6-2-4-8-22(20)18-26/h1-9,11,13-18,27-28H,10,12H2. The summed E-state index contributed by atoms with van der Waals surface area (Å²) in [6.07, 6.45) is 4.41. The third kappa shape index (κ3) is 3.49. The second kappa shape index (κ2) is 7.24. The summed E-state index contributed by atoms with van der Waals surface area (Å²) in [5, 5.41) is 9.57. The Hall–Kier alpha value is -3.52. The lowest BCUT2D eigenvalue weighted by Gasteiger charge is -2.18. The van der Waals surface area contributed by atoms with E-state index in [1.165, 1.54) is 27.6 Å². The number of benzene rings is 4. The quantitative estimate of drug-likeness (QED) is 0.409. The normalized spacial score (nSPS) is 12.9. The SMILES string of the molecule is C1=C(Nc2ccc(Nc3ccc4ccccc4c3)cc2)CCc2ccccc21. The Morgan fingerprint density at radius 2 is 1.21 bits per heavy atom. The Morgan fingerprint density at radius 3 is 2.07 bits per heavy atom. The third-order valence-corrected chi connectivity index (χ3v) is 5.28. The van der Waals surface area contributed by atoms with Crippen molar-refractivity contribution in [3.63, 3.8) is 0 Å². The van der Waals surface area contributed by atoms with E-state index in [0.29, 0.717) is 0 Å². The van der Waals surface area contributed by atoms with Crippen LogP contribution in [-0.4, -0.2) is 0 Å². The molecule has 0 aliphatic heterocycles. The number of nitrogens with one attached hydrogen (secondary N) is 2. The van der Waals surface area contributed by atoms with E-state index in [9.17, 15) is 0 Å². The van der Waals surface area contributed by atoms with E-state index in [4.69, 9.17) is 0 Å². The third-order valence-electron chi connectivity index (χ3n) is 5.28. The minimum absolute atomic E-state index is 1.05. The second-order valence-electron chi connectivity index (χ2n) is 7.26. The molecule has 1 aliphatic carbocycles. The zero-order chi connectivity index (χ0) is 18.8. The van der Waals surface area contributed by atoms with Gasteiger partial charge in [-0.15, -0.1) is 0 Å². The van der Waals surface area contributed by atoms with Gasteiger partial charge in [0.25, 0.3) is 0 Å². The number of aryl methyl sites for hydroxylation is 1. The van der Waals surface area contributed by atoms with Crippen molar-refractivity contribution >= 4 is 33.9 Å². The topological polar surface area (TPSA) is 24.1 Å². The molecule has 4 aromatic carbocycles. The number of allylic oxidation sites excluding steroid dienone is 1. The maximum Gasteiger partial charge on any atom is 0.0390 e. The van der Waals surface area contributed by atoms with E-state index < -0.39 is 0 Å². The van der Waals surface area contributed by atoms with Crippen LogP contribution >= 0.6 is 0 Å². The van der Waals surface area contributed by atoms with Crippen molar-refractivity contribution in [3.05, 3.63) is 108 Å². The molecule has 0 spiro atoms. The number of hydrogen-bond acceptors (Lipinski definition) is 2. The number of fused-ring (bicyclic) bond motifs is 2. The Bertz CT molecular complexity index is 1160. The van der Waals surface area contributed by atoms with Crippen LogP contribution in [0.2, 0.25) is 0 Å². The summed E-state index contributed by atoms with van der Waals surface area (Å²) in [5.74, 6) is 0. The van der Waals surface area contributed by atoms with Crippen LogP contribution in [0.3, 0.4) is 0 Å². The second-order valence-corrected chi connectivity index (χ2v) is 7.26. The average molecular weight is 362 g/mol. The van der Waals surface area contributed by atoms with Crippen LogP contribution in [0.5, 0.6) is 0 Å². The first kappa shape index (κ1) is 16.6. The lowest BCUT2D eigenvalue weighted by atomic mass is 9.95. The molecule has 2 nitrogen and oxygen atoms in total. The maximum atomic E-state index is 3.57. The lowest BCUT2D eigenvalue weighted by molar-refractivity contribution is 0.932. The van der Waals surface area contributed by atoms with Gasteiger partial charge in [0.1, 0.15) is 0 Å². The van der Waals surface area contributed by atoms with Gasteiger partial charge in [0.05, 0.1) is 0 Å². The molecule has 0 aromatic heterocycles. The molecule has 2 heteroatoms. The fourth-order valence-electron chi connectivity index (χ4n) is 3.79. The first-order chi connectivity index (χ1) is 13.8. The van der Waals surface area contributed by atoms with Gasteiger partial charge in [-0.1, -0.05) is 54.6 Å². The van der Waals surface area contributed by atoms with Gasteiger partial charge in [0.2, 0.25) is 0 Å². The molecule has 136 valence electrons. The summed E-state index contributed by atoms with van der Waals surface area (Å²) in [6.45, 7) is 0. The monoisotopic (exact) mass is 362 g/mol. The van der Waals surface area contributed by atoms with Crippen molar-refractivity contribution in [2.45, 2.75) is 12.8 Å². The molecule has 2 N–H and O–H groups in total. The molecule has 0 saturated carbocycles. The van der Waals surface area contributed by atoms with E-state index >= 15 is 0 Å². The molecule has 0 fully saturated rings.